The van der Waals surface area contributed by atoms with Crippen molar-refractivity contribution in [3.05, 3.63) is 64.2 Å². The van der Waals surface area contributed by atoms with Crippen LogP contribution in [0.25, 0.3) is 0 Å². The average molecular weight is 366 g/mol. The molecule has 0 saturated carbocycles. The number of hydrogen-bond acceptors (Lipinski definition) is 4. The molecule has 0 bridgehead atoms. The molecule has 1 amide bonds. The third kappa shape index (κ3) is 3.84. The zero-order valence-corrected chi connectivity index (χ0v) is 16.0. The van der Waals surface area contributed by atoms with Crippen molar-refractivity contribution >= 4 is 5.91 Å². The zero-order valence-electron chi connectivity index (χ0n) is 16.0. The topological polar surface area (TPSA) is 42.0 Å². The number of hydrogen-bond donors (Lipinski definition) is 0. The summed E-state index contributed by atoms with van der Waals surface area (Å²) >= 11 is 0. The lowest BCUT2D eigenvalue weighted by Crippen LogP contribution is -2.40. The van der Waals surface area contributed by atoms with Crippen molar-refractivity contribution in [1.82, 2.24) is 9.80 Å². The van der Waals surface area contributed by atoms with E-state index in [-0.39, 0.29) is 5.91 Å². The molecule has 5 nitrogen and oxygen atoms in total. The second-order valence-corrected chi connectivity index (χ2v) is 7.35. The minimum absolute atomic E-state index is 0.111. The molecule has 2 aliphatic heterocycles. The highest BCUT2D eigenvalue weighted by Gasteiger charge is 2.24. The number of methoxy groups -OCH3 is 1. The Balaban J connectivity index is 1.47. The first kappa shape index (κ1) is 18.0. The second-order valence-electron chi connectivity index (χ2n) is 7.35. The number of aryl methyl sites for hydroxylation is 1. The van der Waals surface area contributed by atoms with Crippen LogP contribution in [0.5, 0.6) is 5.75 Å². The first-order valence-electron chi connectivity index (χ1n) is 9.49. The van der Waals surface area contributed by atoms with Crippen LogP contribution in [-0.4, -0.2) is 49.1 Å². The molecular weight excluding hydrogens is 340 g/mol. The molecule has 0 aliphatic carbocycles. The number of amides is 1. The van der Waals surface area contributed by atoms with E-state index in [9.17, 15) is 4.79 Å². The van der Waals surface area contributed by atoms with Crippen LogP contribution in [0.3, 0.4) is 0 Å². The minimum Gasteiger partial charge on any atom is -0.496 e. The predicted molar refractivity (Wildman–Crippen MR) is 104 cm³/mol. The molecule has 2 aromatic rings. The molecule has 2 aromatic carbocycles. The fourth-order valence-corrected chi connectivity index (χ4v) is 3.88. The third-order valence-corrected chi connectivity index (χ3v) is 5.38. The Labute approximate surface area is 160 Å². The van der Waals surface area contributed by atoms with Crippen molar-refractivity contribution in [3.63, 3.8) is 0 Å². The van der Waals surface area contributed by atoms with Crippen LogP contribution in [0.2, 0.25) is 0 Å². The number of carbonyl (C=O) groups is 1. The third-order valence-electron chi connectivity index (χ3n) is 5.38. The van der Waals surface area contributed by atoms with Gasteiger partial charge in [-0.3, -0.25) is 9.69 Å². The monoisotopic (exact) mass is 366 g/mol. The van der Waals surface area contributed by atoms with E-state index >= 15 is 0 Å². The summed E-state index contributed by atoms with van der Waals surface area (Å²) in [5.41, 5.74) is 5.73. The quantitative estimate of drug-likeness (QED) is 0.834. The molecule has 0 atom stereocenters. The molecule has 1 saturated heterocycles. The molecule has 5 heteroatoms. The largest absolute Gasteiger partial charge is 0.496 e. The number of carbonyl (C=O) groups excluding carboxylic acids is 1. The molecule has 0 unspecified atom stereocenters. The first-order valence-corrected chi connectivity index (χ1v) is 9.49. The summed E-state index contributed by atoms with van der Waals surface area (Å²) in [5, 5.41) is 0. The van der Waals surface area contributed by atoms with Gasteiger partial charge in [-0.25, -0.2) is 0 Å². The van der Waals surface area contributed by atoms with Gasteiger partial charge >= 0.3 is 0 Å². The molecule has 2 heterocycles. The van der Waals surface area contributed by atoms with Gasteiger partial charge in [0.1, 0.15) is 5.75 Å². The van der Waals surface area contributed by atoms with Crippen molar-refractivity contribution < 1.29 is 14.3 Å². The van der Waals surface area contributed by atoms with Gasteiger partial charge in [0.05, 0.1) is 20.3 Å². The fourth-order valence-electron chi connectivity index (χ4n) is 3.88. The lowest BCUT2D eigenvalue weighted by molar-refractivity contribution is 0.0303. The number of rotatable bonds is 4. The van der Waals surface area contributed by atoms with Gasteiger partial charge in [0.25, 0.3) is 5.91 Å². The molecule has 0 N–H and O–H groups in total. The van der Waals surface area contributed by atoms with E-state index in [0.29, 0.717) is 26.3 Å². The van der Waals surface area contributed by atoms with Gasteiger partial charge in [-0.15, -0.1) is 0 Å². The van der Waals surface area contributed by atoms with Gasteiger partial charge < -0.3 is 14.4 Å². The number of benzene rings is 2. The molecule has 4 rings (SSSR count). The van der Waals surface area contributed by atoms with Crippen LogP contribution in [0.4, 0.5) is 0 Å². The van der Waals surface area contributed by atoms with Crippen molar-refractivity contribution in [3.8, 4) is 5.75 Å². The Morgan fingerprint density at radius 2 is 1.85 bits per heavy atom. The van der Waals surface area contributed by atoms with Crippen LogP contribution in [0.1, 0.15) is 32.6 Å². The smallest absolute Gasteiger partial charge is 0.254 e. The summed E-state index contributed by atoms with van der Waals surface area (Å²) < 4.78 is 10.9. The Hall–Kier alpha value is -2.37. The Kier molecular flexibility index (Phi) is 5.14. The summed E-state index contributed by atoms with van der Waals surface area (Å²) in [6.45, 7) is 7.28. The van der Waals surface area contributed by atoms with E-state index in [4.69, 9.17) is 9.47 Å². The first-order chi connectivity index (χ1) is 13.1. The predicted octanol–water partition coefficient (Wildman–Crippen LogP) is 2.99. The van der Waals surface area contributed by atoms with Crippen LogP contribution < -0.4 is 4.74 Å². The average Bonchev–Trinajstić information content (AvgIpc) is 3.11. The van der Waals surface area contributed by atoms with Gasteiger partial charge in [0.2, 0.25) is 0 Å². The lowest BCUT2D eigenvalue weighted by atomic mass is 10.1. The maximum Gasteiger partial charge on any atom is 0.254 e. The van der Waals surface area contributed by atoms with Gasteiger partial charge in [0, 0.05) is 43.9 Å². The van der Waals surface area contributed by atoms with E-state index in [1.807, 2.05) is 11.0 Å². The SMILES string of the molecule is COc1cc(C)ccc1CN1Cc2ccc(C(=O)N3CCOCC3)cc2C1. The van der Waals surface area contributed by atoms with Crippen molar-refractivity contribution in [2.45, 2.75) is 26.6 Å². The maximum absolute atomic E-state index is 12.7. The number of morpholine rings is 1. The Morgan fingerprint density at radius 3 is 2.63 bits per heavy atom. The lowest BCUT2D eigenvalue weighted by Gasteiger charge is -2.27. The summed E-state index contributed by atoms with van der Waals surface area (Å²) in [4.78, 5) is 17.0. The number of ether oxygens (including phenoxy) is 2. The molecule has 0 aromatic heterocycles. The van der Waals surface area contributed by atoms with Crippen LogP contribution in [0.15, 0.2) is 36.4 Å². The molecule has 27 heavy (non-hydrogen) atoms. The van der Waals surface area contributed by atoms with Crippen LogP contribution in [0, 0.1) is 6.92 Å². The zero-order chi connectivity index (χ0) is 18.8. The molecule has 0 radical (unpaired) electrons. The van der Waals surface area contributed by atoms with Gasteiger partial charge in [-0.2, -0.15) is 0 Å². The van der Waals surface area contributed by atoms with Crippen LogP contribution in [-0.2, 0) is 24.4 Å². The summed E-state index contributed by atoms with van der Waals surface area (Å²) in [7, 11) is 1.72. The number of nitrogens with zero attached hydrogens (tertiary/aromatic N) is 2. The Bertz CT molecular complexity index is 843. The van der Waals surface area contributed by atoms with Crippen LogP contribution >= 0.6 is 0 Å². The van der Waals surface area contributed by atoms with Gasteiger partial charge in [0.15, 0.2) is 0 Å². The molecular formula is C22H26N2O3. The van der Waals surface area contributed by atoms with Crippen molar-refractivity contribution in [2.24, 2.45) is 0 Å². The highest BCUT2D eigenvalue weighted by Crippen LogP contribution is 2.29. The molecule has 2 aliphatic rings. The summed E-state index contributed by atoms with van der Waals surface area (Å²) in [5.74, 6) is 1.05. The second kappa shape index (κ2) is 7.71. The molecule has 1 fully saturated rings. The van der Waals surface area contributed by atoms with E-state index in [0.717, 1.165) is 30.9 Å². The number of fused-ring (bicyclic) bond motifs is 1. The standard InChI is InChI=1S/C22H26N2O3/c1-16-3-4-19(21(11-16)26-2)14-23-13-18-6-5-17(12-20(18)15-23)22(25)24-7-9-27-10-8-24/h3-6,11-12H,7-10,13-15H2,1-2H3. The Morgan fingerprint density at radius 1 is 1.07 bits per heavy atom. The van der Waals surface area contributed by atoms with Gasteiger partial charge in [-0.1, -0.05) is 18.2 Å². The maximum atomic E-state index is 12.7. The van der Waals surface area contributed by atoms with E-state index in [1.165, 1.54) is 22.3 Å². The molecule has 0 spiro atoms. The molecule has 142 valence electrons. The highest BCUT2D eigenvalue weighted by atomic mass is 16.5. The highest BCUT2D eigenvalue weighted by molar-refractivity contribution is 5.94. The fraction of sp³-hybridized carbons (Fsp3) is 0.409. The summed E-state index contributed by atoms with van der Waals surface area (Å²) in [6, 6.07) is 12.5. The van der Waals surface area contributed by atoms with Crippen molar-refractivity contribution in [1.29, 1.82) is 0 Å². The van der Waals surface area contributed by atoms with Gasteiger partial charge in [-0.05, 0) is 41.8 Å². The normalized spacial score (nSPS) is 17.0. The summed E-state index contributed by atoms with van der Waals surface area (Å²) in [6.07, 6.45) is 0. The van der Waals surface area contributed by atoms with E-state index in [2.05, 4.69) is 42.2 Å². The van der Waals surface area contributed by atoms with E-state index < -0.39 is 0 Å². The minimum atomic E-state index is 0.111. The van der Waals surface area contributed by atoms with E-state index in [1.54, 1.807) is 7.11 Å². The van der Waals surface area contributed by atoms with Crippen molar-refractivity contribution in [2.75, 3.05) is 33.4 Å².